The normalized spacial score (nSPS) is 33.3. The lowest BCUT2D eigenvalue weighted by Gasteiger charge is -2.44. The molecule has 1 saturated carbocycles. The van der Waals surface area contributed by atoms with E-state index in [2.05, 4.69) is 4.90 Å². The molecule has 0 aromatic rings. The molecule has 0 aromatic carbocycles. The number of fused-ring (bicyclic) bond motifs is 1. The van der Waals surface area contributed by atoms with E-state index in [-0.39, 0.29) is 11.9 Å². The second-order valence-corrected chi connectivity index (χ2v) is 5.07. The predicted molar refractivity (Wildman–Crippen MR) is 60.3 cm³/mol. The van der Waals surface area contributed by atoms with E-state index in [9.17, 15) is 4.79 Å². The second-order valence-electron chi connectivity index (χ2n) is 5.07. The summed E-state index contributed by atoms with van der Waals surface area (Å²) in [5, 5.41) is 0. The highest BCUT2D eigenvalue weighted by Crippen LogP contribution is 2.35. The number of carbonyl (C=O) groups excluding carboxylic acids is 1. The molecule has 1 amide bonds. The van der Waals surface area contributed by atoms with Gasteiger partial charge >= 0.3 is 0 Å². The van der Waals surface area contributed by atoms with E-state index in [1.165, 1.54) is 38.5 Å². The smallest absolute Gasteiger partial charge is 0.239 e. The molecule has 2 rings (SSSR count). The Balaban J connectivity index is 2.06. The van der Waals surface area contributed by atoms with E-state index in [4.69, 9.17) is 5.73 Å². The molecule has 3 nitrogen and oxygen atoms in total. The highest BCUT2D eigenvalue weighted by molar-refractivity contribution is 5.81. The summed E-state index contributed by atoms with van der Waals surface area (Å²) in [6.45, 7) is 2.73. The minimum atomic E-state index is -0.328. The Hall–Kier alpha value is -0.570. The largest absolute Gasteiger partial charge is 0.338 e. The number of piperidine rings is 1. The fraction of sp³-hybridized carbons (Fsp3) is 0.917. The number of hydrogen-bond acceptors (Lipinski definition) is 2. The zero-order valence-corrected chi connectivity index (χ0v) is 9.61. The first kappa shape index (κ1) is 10.9. The lowest BCUT2D eigenvalue weighted by Crippen LogP contribution is -2.53. The average Bonchev–Trinajstić information content (AvgIpc) is 2.27. The van der Waals surface area contributed by atoms with Gasteiger partial charge in [-0.1, -0.05) is 12.8 Å². The van der Waals surface area contributed by atoms with Crippen molar-refractivity contribution in [1.82, 2.24) is 4.90 Å². The molecule has 0 radical (unpaired) electrons. The van der Waals surface area contributed by atoms with Gasteiger partial charge in [0, 0.05) is 12.6 Å². The molecule has 0 bridgehead atoms. The van der Waals surface area contributed by atoms with Gasteiger partial charge < -0.3 is 10.6 Å². The van der Waals surface area contributed by atoms with E-state index >= 15 is 0 Å². The fourth-order valence-electron chi connectivity index (χ4n) is 3.16. The second kappa shape index (κ2) is 4.52. The van der Waals surface area contributed by atoms with Gasteiger partial charge in [-0.3, -0.25) is 4.79 Å². The van der Waals surface area contributed by atoms with Crippen LogP contribution in [0.15, 0.2) is 0 Å². The van der Waals surface area contributed by atoms with Gasteiger partial charge in [-0.25, -0.2) is 0 Å². The molecule has 2 N–H and O–H groups in total. The van der Waals surface area contributed by atoms with E-state index in [1.54, 1.807) is 6.92 Å². The van der Waals surface area contributed by atoms with E-state index in [1.807, 2.05) is 0 Å². The van der Waals surface area contributed by atoms with Crippen LogP contribution in [-0.4, -0.2) is 29.4 Å². The molecule has 1 aliphatic heterocycles. The predicted octanol–water partition coefficient (Wildman–Crippen LogP) is 1.51. The Morgan fingerprint density at radius 3 is 2.67 bits per heavy atom. The minimum absolute atomic E-state index is 0.159. The third-order valence-electron chi connectivity index (χ3n) is 3.92. The van der Waals surface area contributed by atoms with Crippen LogP contribution in [0.1, 0.15) is 45.4 Å². The first-order valence-corrected chi connectivity index (χ1v) is 6.26. The van der Waals surface area contributed by atoms with Crippen LogP contribution in [0.5, 0.6) is 0 Å². The average molecular weight is 210 g/mol. The lowest BCUT2D eigenvalue weighted by molar-refractivity contribution is -0.138. The molecule has 0 aromatic heterocycles. The molecule has 1 aliphatic carbocycles. The zero-order valence-electron chi connectivity index (χ0n) is 9.61. The number of carbonyl (C=O) groups is 1. The van der Waals surface area contributed by atoms with Crippen LogP contribution in [0.25, 0.3) is 0 Å². The van der Waals surface area contributed by atoms with Crippen LogP contribution < -0.4 is 5.73 Å². The summed E-state index contributed by atoms with van der Waals surface area (Å²) >= 11 is 0. The molecule has 2 fully saturated rings. The van der Waals surface area contributed by atoms with Crippen molar-refractivity contribution in [3.05, 3.63) is 0 Å². The van der Waals surface area contributed by atoms with Crippen molar-refractivity contribution >= 4 is 5.91 Å². The third kappa shape index (κ3) is 2.17. The summed E-state index contributed by atoms with van der Waals surface area (Å²) in [4.78, 5) is 14.0. The summed E-state index contributed by atoms with van der Waals surface area (Å²) in [5.41, 5.74) is 5.70. The number of rotatable bonds is 1. The van der Waals surface area contributed by atoms with E-state index in [0.717, 1.165) is 12.5 Å². The number of nitrogens with zero attached hydrogens (tertiary/aromatic N) is 1. The molecule has 3 atom stereocenters. The Labute approximate surface area is 92.0 Å². The molecular weight excluding hydrogens is 188 g/mol. The van der Waals surface area contributed by atoms with Crippen LogP contribution in [0, 0.1) is 5.92 Å². The molecule has 0 spiro atoms. The van der Waals surface area contributed by atoms with Gasteiger partial charge in [0.2, 0.25) is 5.91 Å². The number of hydrogen-bond donors (Lipinski definition) is 1. The van der Waals surface area contributed by atoms with Crippen LogP contribution in [0.4, 0.5) is 0 Å². The topological polar surface area (TPSA) is 46.3 Å². The molecular formula is C12H22N2O. The van der Waals surface area contributed by atoms with Gasteiger partial charge in [-0.15, -0.1) is 0 Å². The summed E-state index contributed by atoms with van der Waals surface area (Å²) in [5.74, 6) is 0.918. The van der Waals surface area contributed by atoms with E-state index < -0.39 is 0 Å². The summed E-state index contributed by atoms with van der Waals surface area (Å²) in [7, 11) is 0. The monoisotopic (exact) mass is 210 g/mol. The highest BCUT2D eigenvalue weighted by Gasteiger charge is 2.36. The van der Waals surface area contributed by atoms with Gasteiger partial charge in [-0.05, 0) is 38.5 Å². The SMILES string of the molecule is C[C@H](N)C(=O)N1CCC[C@@H]2CCCC[C@H]21. The van der Waals surface area contributed by atoms with Crippen molar-refractivity contribution in [2.45, 2.75) is 57.5 Å². The standard InChI is InChI=1S/C12H22N2O/c1-9(13)12(15)14-8-4-6-10-5-2-3-7-11(10)14/h9-11H,2-8,13H2,1H3/t9-,10-,11+/m0/s1. The van der Waals surface area contributed by atoms with Crippen LogP contribution in [0.2, 0.25) is 0 Å². The maximum Gasteiger partial charge on any atom is 0.239 e. The molecule has 0 unspecified atom stereocenters. The lowest BCUT2D eigenvalue weighted by atomic mass is 9.78. The van der Waals surface area contributed by atoms with Gasteiger partial charge in [0.15, 0.2) is 0 Å². The molecule has 15 heavy (non-hydrogen) atoms. The first-order chi connectivity index (χ1) is 7.20. The highest BCUT2D eigenvalue weighted by atomic mass is 16.2. The summed E-state index contributed by atoms with van der Waals surface area (Å²) in [6, 6.07) is 0.177. The van der Waals surface area contributed by atoms with Gasteiger partial charge in [0.25, 0.3) is 0 Å². The van der Waals surface area contributed by atoms with E-state index in [0.29, 0.717) is 6.04 Å². The minimum Gasteiger partial charge on any atom is -0.338 e. The molecule has 3 heteroatoms. The summed E-state index contributed by atoms with van der Waals surface area (Å²) < 4.78 is 0. The van der Waals surface area contributed by atoms with Crippen molar-refractivity contribution in [3.8, 4) is 0 Å². The fourth-order valence-corrected chi connectivity index (χ4v) is 3.16. The Morgan fingerprint density at radius 2 is 1.93 bits per heavy atom. The Kier molecular flexibility index (Phi) is 3.29. The molecule has 1 saturated heterocycles. The quantitative estimate of drug-likeness (QED) is 0.713. The van der Waals surface area contributed by atoms with Crippen molar-refractivity contribution in [2.24, 2.45) is 11.7 Å². The number of likely N-dealkylation sites (tertiary alicyclic amines) is 1. The third-order valence-corrected chi connectivity index (χ3v) is 3.92. The maximum absolute atomic E-state index is 12.0. The first-order valence-electron chi connectivity index (χ1n) is 6.26. The van der Waals surface area contributed by atoms with Gasteiger partial charge in [-0.2, -0.15) is 0 Å². The van der Waals surface area contributed by atoms with Gasteiger partial charge in [0.05, 0.1) is 6.04 Å². The summed E-state index contributed by atoms with van der Waals surface area (Å²) in [6.07, 6.45) is 7.62. The van der Waals surface area contributed by atoms with Crippen LogP contribution in [0.3, 0.4) is 0 Å². The molecule has 2 aliphatic rings. The Bertz CT molecular complexity index is 238. The van der Waals surface area contributed by atoms with Crippen molar-refractivity contribution < 1.29 is 4.79 Å². The molecule has 1 heterocycles. The Morgan fingerprint density at radius 1 is 1.27 bits per heavy atom. The van der Waals surface area contributed by atoms with Crippen molar-refractivity contribution in [3.63, 3.8) is 0 Å². The van der Waals surface area contributed by atoms with Crippen LogP contribution >= 0.6 is 0 Å². The number of amides is 1. The number of nitrogens with two attached hydrogens (primary N) is 1. The zero-order chi connectivity index (χ0) is 10.8. The molecule has 86 valence electrons. The van der Waals surface area contributed by atoms with Crippen molar-refractivity contribution in [2.75, 3.05) is 6.54 Å². The van der Waals surface area contributed by atoms with Gasteiger partial charge in [0.1, 0.15) is 0 Å². The van der Waals surface area contributed by atoms with Crippen LogP contribution in [-0.2, 0) is 4.79 Å². The maximum atomic E-state index is 12.0. The van der Waals surface area contributed by atoms with Crippen molar-refractivity contribution in [1.29, 1.82) is 0 Å².